The minimum atomic E-state index is -0.0197. The van der Waals surface area contributed by atoms with Crippen molar-refractivity contribution in [2.45, 2.75) is 25.6 Å². The van der Waals surface area contributed by atoms with Gasteiger partial charge in [0, 0.05) is 16.1 Å². The maximum Gasteiger partial charge on any atom is 0.138 e. The SMILES string of the molecule is CN1C([13c]2[13cH][13cH][13cH][13cH][13c]2Cl)OCC1(C)C. The number of ether oxygens (including phenoxy) is 1. The zero-order valence-corrected chi connectivity index (χ0v) is 10.1. The number of hydrogen-bond acceptors (Lipinski definition) is 2. The van der Waals surface area contributed by atoms with Crippen LogP contribution in [0.3, 0.4) is 0 Å². The van der Waals surface area contributed by atoms with Gasteiger partial charge in [0.25, 0.3) is 0 Å². The van der Waals surface area contributed by atoms with Crippen LogP contribution in [0.5, 0.6) is 0 Å². The summed E-state index contributed by atoms with van der Waals surface area (Å²) in [5, 5.41) is 0.770. The normalized spacial score (nSPS) is 25.7. The third-order valence-corrected chi connectivity index (χ3v) is 3.42. The van der Waals surface area contributed by atoms with Gasteiger partial charge in [0.1, 0.15) is 6.23 Å². The molecule has 0 spiro atoms. The highest BCUT2D eigenvalue weighted by Crippen LogP contribution is 2.37. The van der Waals surface area contributed by atoms with Crippen LogP contribution in [0, 0.1) is 0 Å². The Morgan fingerprint density at radius 3 is 2.60 bits per heavy atom. The van der Waals surface area contributed by atoms with Crippen molar-refractivity contribution in [2.75, 3.05) is 13.7 Å². The molecule has 0 bridgehead atoms. The summed E-state index contributed by atoms with van der Waals surface area (Å²) in [6.45, 7) is 5.08. The molecule has 0 N–H and O–H groups in total. The molecule has 1 fully saturated rings. The van der Waals surface area contributed by atoms with Crippen molar-refractivity contribution in [3.8, 4) is 0 Å². The second-order valence-corrected chi connectivity index (χ2v) is 5.02. The summed E-state index contributed by atoms with van der Waals surface area (Å²) in [6.07, 6.45) is -0.0197. The molecule has 1 heterocycles. The maximum absolute atomic E-state index is 6.16. The van der Waals surface area contributed by atoms with E-state index >= 15 is 0 Å². The quantitative estimate of drug-likeness (QED) is 0.737. The predicted molar refractivity (Wildman–Crippen MR) is 62.0 cm³/mol. The van der Waals surface area contributed by atoms with E-state index in [9.17, 15) is 0 Å². The summed E-state index contributed by atoms with van der Waals surface area (Å²) >= 11 is 6.16. The van der Waals surface area contributed by atoms with Crippen LogP contribution < -0.4 is 0 Å². The molecule has 1 saturated heterocycles. The predicted octanol–water partition coefficient (Wildman–Crippen LogP) is 3.08. The average Bonchev–Trinajstić information content (AvgIpc) is 2.44. The first-order valence-electron chi connectivity index (χ1n) is 5.11. The topological polar surface area (TPSA) is 12.5 Å². The molecule has 0 saturated carbocycles. The molecule has 1 aliphatic heterocycles. The summed E-state index contributed by atoms with van der Waals surface area (Å²) in [4.78, 5) is 2.22. The lowest BCUT2D eigenvalue weighted by molar-refractivity contribution is 0.0400. The first kappa shape index (κ1) is 10.9. The van der Waals surface area contributed by atoms with Crippen molar-refractivity contribution in [1.29, 1.82) is 0 Å². The Bertz CT molecular complexity index is 364. The van der Waals surface area contributed by atoms with E-state index < -0.39 is 0 Å². The zero-order valence-electron chi connectivity index (χ0n) is 9.33. The molecule has 82 valence electrons. The lowest BCUT2D eigenvalue weighted by Gasteiger charge is -2.29. The molecule has 1 aliphatic rings. The Hall–Kier alpha value is -0.570. The van der Waals surface area contributed by atoms with E-state index in [0.29, 0.717) is 0 Å². The van der Waals surface area contributed by atoms with Gasteiger partial charge in [-0.2, -0.15) is 0 Å². The van der Waals surface area contributed by atoms with Gasteiger partial charge in [0.05, 0.1) is 6.61 Å². The molecular formula is C12H16ClNO. The van der Waals surface area contributed by atoms with Crippen molar-refractivity contribution < 1.29 is 4.74 Å². The van der Waals surface area contributed by atoms with E-state index in [-0.39, 0.29) is 11.8 Å². The number of halogens is 1. The fraction of sp³-hybridized carbons (Fsp3) is 0.500. The summed E-state index contributed by atoms with van der Waals surface area (Å²) in [6, 6.07) is 7.85. The molecule has 0 aromatic heterocycles. The smallest absolute Gasteiger partial charge is 0.138 e. The van der Waals surface area contributed by atoms with Crippen LogP contribution in [0.2, 0.25) is 5.02 Å². The van der Waals surface area contributed by atoms with Gasteiger partial charge in [-0.05, 0) is 27.0 Å². The molecule has 15 heavy (non-hydrogen) atoms. The van der Waals surface area contributed by atoms with Crippen molar-refractivity contribution in [2.24, 2.45) is 0 Å². The molecule has 3 heteroatoms. The van der Waals surface area contributed by atoms with Crippen LogP contribution in [-0.2, 0) is 4.74 Å². The highest BCUT2D eigenvalue weighted by Gasteiger charge is 2.38. The van der Waals surface area contributed by atoms with E-state index in [2.05, 4.69) is 25.8 Å². The van der Waals surface area contributed by atoms with Crippen LogP contribution in [0.25, 0.3) is 0 Å². The van der Waals surface area contributed by atoms with Crippen molar-refractivity contribution in [1.82, 2.24) is 4.90 Å². The van der Waals surface area contributed by atoms with Gasteiger partial charge in [-0.15, -0.1) is 0 Å². The number of nitrogens with zero attached hydrogens (tertiary/aromatic N) is 1. The fourth-order valence-electron chi connectivity index (χ4n) is 1.79. The summed E-state index contributed by atoms with van der Waals surface area (Å²) in [5.74, 6) is 0. The second-order valence-electron chi connectivity index (χ2n) is 4.61. The van der Waals surface area contributed by atoms with Crippen molar-refractivity contribution >= 4 is 11.6 Å². The van der Waals surface area contributed by atoms with Crippen LogP contribution in [0.4, 0.5) is 0 Å². The highest BCUT2D eigenvalue weighted by molar-refractivity contribution is 6.31. The fourth-order valence-corrected chi connectivity index (χ4v) is 2.02. The molecular weight excluding hydrogens is 216 g/mol. The first-order chi connectivity index (χ1) is 7.02. The van der Waals surface area contributed by atoms with Crippen LogP contribution in [0.1, 0.15) is 25.6 Å². The summed E-state index contributed by atoms with van der Waals surface area (Å²) in [5.41, 5.74) is 1.12. The second kappa shape index (κ2) is 3.78. The number of likely N-dealkylation sites (N-methyl/N-ethyl adjacent to an activating group) is 1. The average molecular weight is 232 g/mol. The van der Waals surface area contributed by atoms with Gasteiger partial charge in [-0.1, -0.05) is 29.8 Å². The van der Waals surface area contributed by atoms with Crippen molar-refractivity contribution in [3.05, 3.63) is 34.9 Å². The summed E-state index contributed by atoms with van der Waals surface area (Å²) < 4.78 is 5.79. The molecule has 2 nitrogen and oxygen atoms in total. The van der Waals surface area contributed by atoms with Crippen LogP contribution in [0.15, 0.2) is 24.3 Å². The van der Waals surface area contributed by atoms with E-state index in [4.69, 9.17) is 16.3 Å². The Morgan fingerprint density at radius 1 is 1.40 bits per heavy atom. The van der Waals surface area contributed by atoms with Crippen LogP contribution >= 0.6 is 11.6 Å². The van der Waals surface area contributed by atoms with Gasteiger partial charge in [-0.25, -0.2) is 0 Å². The molecule has 2 rings (SSSR count). The van der Waals surface area contributed by atoms with E-state index in [1.165, 1.54) is 0 Å². The summed E-state index contributed by atoms with van der Waals surface area (Å²) in [7, 11) is 2.07. The Balaban J connectivity index is 2.31. The van der Waals surface area contributed by atoms with Crippen LogP contribution in [-0.4, -0.2) is 24.1 Å². The van der Waals surface area contributed by atoms with Crippen molar-refractivity contribution in [3.63, 3.8) is 0 Å². The van der Waals surface area contributed by atoms with E-state index in [1.807, 2.05) is 24.3 Å². The van der Waals surface area contributed by atoms with Gasteiger partial charge in [0.2, 0.25) is 0 Å². The zero-order chi connectivity index (χ0) is 11.1. The van der Waals surface area contributed by atoms with Gasteiger partial charge < -0.3 is 4.74 Å². The molecule has 0 amide bonds. The minimum absolute atomic E-state index is 0.0197. The van der Waals surface area contributed by atoms with E-state index in [0.717, 1.165) is 17.2 Å². The molecule has 0 radical (unpaired) electrons. The number of rotatable bonds is 1. The Kier molecular flexibility index (Phi) is 2.75. The molecule has 1 aromatic rings. The number of hydrogen-bond donors (Lipinski definition) is 0. The van der Waals surface area contributed by atoms with E-state index in [1.54, 1.807) is 0 Å². The lowest BCUT2D eigenvalue weighted by atomic mass is 10.1. The lowest BCUT2D eigenvalue weighted by Crippen LogP contribution is -2.38. The first-order valence-corrected chi connectivity index (χ1v) is 5.49. The van der Waals surface area contributed by atoms with Gasteiger partial charge in [0.15, 0.2) is 0 Å². The molecule has 1 unspecified atom stereocenters. The standard InChI is InChI=1S/C12H16ClNO/c1-12(2)8-15-11(14(12)3)9-6-4-5-7-10(9)13/h4-7,11H,8H2,1-3H3/i4+1,5+1,6+1,7+1,9+1,10+1. The molecule has 0 aliphatic carbocycles. The highest BCUT2D eigenvalue weighted by atomic mass is 35.5. The minimum Gasteiger partial charge on any atom is -0.357 e. The van der Waals surface area contributed by atoms with Gasteiger partial charge >= 0.3 is 0 Å². The third-order valence-electron chi connectivity index (χ3n) is 3.07. The maximum atomic E-state index is 6.16. The molecule has 1 atom stereocenters. The third kappa shape index (κ3) is 1.89. The van der Waals surface area contributed by atoms with Gasteiger partial charge in [-0.3, -0.25) is 4.90 Å². The Morgan fingerprint density at radius 2 is 2.07 bits per heavy atom. The Labute approximate surface area is 95.8 Å². The monoisotopic (exact) mass is 231 g/mol. The number of benzene rings is 1. The largest absolute Gasteiger partial charge is 0.357 e. The molecule has 1 aromatic carbocycles.